The Kier molecular flexibility index (Phi) is 1.58. The molecule has 0 aromatic carbocycles. The van der Waals surface area contributed by atoms with Crippen LogP contribution in [0.3, 0.4) is 0 Å². The number of hydrogen-bond acceptors (Lipinski definition) is 0. The van der Waals surface area contributed by atoms with Crippen molar-refractivity contribution in [2.24, 2.45) is 0 Å². The topological polar surface area (TPSA) is 0 Å². The van der Waals surface area contributed by atoms with Gasteiger partial charge in [0, 0.05) is 0 Å². The Morgan fingerprint density at radius 2 is 2.50 bits per heavy atom. The van der Waals surface area contributed by atoms with Gasteiger partial charge in [0.15, 0.2) is 0 Å². The van der Waals surface area contributed by atoms with Crippen molar-refractivity contribution < 1.29 is 0 Å². The lowest BCUT2D eigenvalue weighted by Gasteiger charge is -2.11. The molecule has 0 saturated carbocycles. The molecule has 0 spiro atoms. The number of allylic oxidation sites excluding steroid dienone is 5. The summed E-state index contributed by atoms with van der Waals surface area (Å²) >= 11 is 0. The smallest absolute Gasteiger partial charge is 0.0554 e. The Bertz CT molecular complexity index is 138. The van der Waals surface area contributed by atoms with Gasteiger partial charge in [-0.2, -0.15) is 25.2 Å². The summed E-state index contributed by atoms with van der Waals surface area (Å²) in [5.41, 5.74) is 1.39. The standard InChI is InChI=1S/C8H9/c1-2-3-5-8-6-4-7-8/h2-6H,1,7H2/q-1. The van der Waals surface area contributed by atoms with Crippen molar-refractivity contribution in [3.63, 3.8) is 0 Å². The van der Waals surface area contributed by atoms with E-state index in [1.165, 1.54) is 5.57 Å². The Balaban J connectivity index is 2.33. The first-order valence-corrected chi connectivity index (χ1v) is 2.75. The molecule has 1 rings (SSSR count). The van der Waals surface area contributed by atoms with Gasteiger partial charge in [-0.3, -0.25) is 0 Å². The third-order valence-electron chi connectivity index (χ3n) is 1.13. The van der Waals surface area contributed by atoms with Crippen LogP contribution in [0.2, 0.25) is 0 Å². The van der Waals surface area contributed by atoms with E-state index in [0.717, 1.165) is 6.42 Å². The van der Waals surface area contributed by atoms with Crippen molar-refractivity contribution >= 4 is 0 Å². The van der Waals surface area contributed by atoms with Gasteiger partial charge >= 0.3 is 0 Å². The normalized spacial score (nSPS) is 20.2. The minimum Gasteiger partial charge on any atom is -0.194 e. The van der Waals surface area contributed by atoms with Crippen molar-refractivity contribution in [2.45, 2.75) is 6.42 Å². The van der Waals surface area contributed by atoms with E-state index < -0.39 is 0 Å². The highest BCUT2D eigenvalue weighted by Crippen LogP contribution is 2.14. The first-order chi connectivity index (χ1) is 3.93. The fraction of sp³-hybridized carbons (Fsp3) is 0.125. The van der Waals surface area contributed by atoms with Crippen LogP contribution < -0.4 is 0 Å². The van der Waals surface area contributed by atoms with Gasteiger partial charge in [0.2, 0.25) is 0 Å². The molecule has 0 fully saturated rings. The SMILES string of the molecule is C=C[CH-]C=C1C=CC1. The van der Waals surface area contributed by atoms with Crippen LogP contribution in [0.15, 0.2) is 36.5 Å². The van der Waals surface area contributed by atoms with Crippen molar-refractivity contribution in [3.8, 4) is 0 Å². The van der Waals surface area contributed by atoms with Crippen molar-refractivity contribution in [1.29, 1.82) is 0 Å². The summed E-state index contributed by atoms with van der Waals surface area (Å²) in [6.07, 6.45) is 11.2. The lowest BCUT2D eigenvalue weighted by atomic mass is 10.0. The molecule has 0 unspecified atom stereocenters. The lowest BCUT2D eigenvalue weighted by molar-refractivity contribution is 1.19. The molecule has 0 aliphatic heterocycles. The van der Waals surface area contributed by atoms with E-state index >= 15 is 0 Å². The predicted molar refractivity (Wildman–Crippen MR) is 36.3 cm³/mol. The highest BCUT2D eigenvalue weighted by atomic mass is 14.0. The molecule has 0 aromatic heterocycles. The molecule has 0 heterocycles. The zero-order valence-corrected chi connectivity index (χ0v) is 4.80. The van der Waals surface area contributed by atoms with Gasteiger partial charge in [0.25, 0.3) is 0 Å². The maximum absolute atomic E-state index is 3.57. The van der Waals surface area contributed by atoms with E-state index in [1.54, 1.807) is 6.08 Å². The summed E-state index contributed by atoms with van der Waals surface area (Å²) in [5.74, 6) is 0. The molecule has 0 bridgehead atoms. The van der Waals surface area contributed by atoms with Crippen LogP contribution >= 0.6 is 0 Å². The Hall–Kier alpha value is -0.910. The van der Waals surface area contributed by atoms with Gasteiger partial charge < -0.3 is 0 Å². The van der Waals surface area contributed by atoms with E-state index in [1.807, 2.05) is 6.42 Å². The van der Waals surface area contributed by atoms with Crippen LogP contribution in [0.4, 0.5) is 0 Å². The summed E-state index contributed by atoms with van der Waals surface area (Å²) in [4.78, 5) is 0. The molecule has 42 valence electrons. The van der Waals surface area contributed by atoms with Crippen molar-refractivity contribution in [1.82, 2.24) is 0 Å². The molecule has 1 aliphatic rings. The van der Waals surface area contributed by atoms with Gasteiger partial charge in [-0.15, -0.1) is 17.7 Å². The van der Waals surface area contributed by atoms with E-state index in [4.69, 9.17) is 0 Å². The average molecular weight is 105 g/mol. The van der Waals surface area contributed by atoms with Gasteiger partial charge in [0.05, 0.1) is 0 Å². The van der Waals surface area contributed by atoms with Crippen LogP contribution in [0, 0.1) is 6.42 Å². The van der Waals surface area contributed by atoms with E-state index in [2.05, 4.69) is 24.8 Å². The minimum atomic E-state index is 1.13. The first-order valence-electron chi connectivity index (χ1n) is 2.75. The quantitative estimate of drug-likeness (QED) is 0.472. The summed E-state index contributed by atoms with van der Waals surface area (Å²) in [6, 6.07) is 0. The highest BCUT2D eigenvalue weighted by molar-refractivity contribution is 5.33. The van der Waals surface area contributed by atoms with Crippen molar-refractivity contribution in [3.05, 3.63) is 42.9 Å². The van der Waals surface area contributed by atoms with Crippen LogP contribution in [-0.2, 0) is 0 Å². The van der Waals surface area contributed by atoms with Gasteiger partial charge in [-0.1, -0.05) is 6.42 Å². The third-order valence-corrected chi connectivity index (χ3v) is 1.13. The number of hydrogen-bond donors (Lipinski definition) is 0. The fourth-order valence-electron chi connectivity index (χ4n) is 0.569. The third kappa shape index (κ3) is 1.03. The molecule has 0 N–H and O–H groups in total. The molecular formula is C8H9-. The van der Waals surface area contributed by atoms with Gasteiger partial charge in [-0.25, -0.2) is 0 Å². The first kappa shape index (κ1) is 5.23. The largest absolute Gasteiger partial charge is 0.194 e. The Morgan fingerprint density at radius 3 is 2.88 bits per heavy atom. The zero-order valence-electron chi connectivity index (χ0n) is 4.80. The van der Waals surface area contributed by atoms with Gasteiger partial charge in [-0.05, 0) is 0 Å². The molecule has 0 radical (unpaired) electrons. The summed E-state index contributed by atoms with van der Waals surface area (Å²) in [6.45, 7) is 3.57. The van der Waals surface area contributed by atoms with E-state index in [-0.39, 0.29) is 0 Å². The fourth-order valence-corrected chi connectivity index (χ4v) is 0.569. The van der Waals surface area contributed by atoms with Crippen molar-refractivity contribution in [2.75, 3.05) is 0 Å². The zero-order chi connectivity index (χ0) is 5.82. The maximum Gasteiger partial charge on any atom is -0.0554 e. The average Bonchev–Trinajstić information content (AvgIpc) is 1.63. The second kappa shape index (κ2) is 2.41. The lowest BCUT2D eigenvalue weighted by Crippen LogP contribution is -1.84. The highest BCUT2D eigenvalue weighted by Gasteiger charge is 1.88. The predicted octanol–water partition coefficient (Wildman–Crippen LogP) is 2.26. The summed E-state index contributed by atoms with van der Waals surface area (Å²) in [7, 11) is 0. The van der Waals surface area contributed by atoms with E-state index in [0.29, 0.717) is 0 Å². The molecule has 0 saturated heterocycles. The second-order valence-corrected chi connectivity index (χ2v) is 1.78. The minimum absolute atomic E-state index is 1.13. The second-order valence-electron chi connectivity index (χ2n) is 1.78. The van der Waals surface area contributed by atoms with Crippen LogP contribution in [0.5, 0.6) is 0 Å². The molecule has 8 heavy (non-hydrogen) atoms. The number of rotatable bonds is 2. The van der Waals surface area contributed by atoms with Crippen LogP contribution in [0.1, 0.15) is 6.42 Å². The molecule has 0 nitrogen and oxygen atoms in total. The monoisotopic (exact) mass is 105 g/mol. The molecule has 1 aliphatic carbocycles. The molecule has 0 aromatic rings. The van der Waals surface area contributed by atoms with Gasteiger partial charge in [0.1, 0.15) is 0 Å². The summed E-state index contributed by atoms with van der Waals surface area (Å²) in [5, 5.41) is 0. The molecular weight excluding hydrogens is 96.1 g/mol. The molecule has 0 atom stereocenters. The Labute approximate surface area is 50.2 Å². The van der Waals surface area contributed by atoms with Crippen LogP contribution in [-0.4, -0.2) is 0 Å². The summed E-state index contributed by atoms with van der Waals surface area (Å²) < 4.78 is 0. The van der Waals surface area contributed by atoms with Crippen LogP contribution in [0.25, 0.3) is 0 Å². The molecule has 0 amide bonds. The maximum atomic E-state index is 3.57. The Morgan fingerprint density at radius 1 is 1.75 bits per heavy atom. The molecule has 0 heteroatoms. The van der Waals surface area contributed by atoms with E-state index in [9.17, 15) is 0 Å².